The van der Waals surface area contributed by atoms with E-state index in [2.05, 4.69) is 54.1 Å². The minimum atomic E-state index is 0.205. The van der Waals surface area contributed by atoms with Crippen LogP contribution in [-0.4, -0.2) is 17.1 Å². The summed E-state index contributed by atoms with van der Waals surface area (Å²) in [6.07, 6.45) is 0. The van der Waals surface area contributed by atoms with Crippen molar-refractivity contribution in [1.29, 1.82) is 0 Å². The molecule has 0 aliphatic carbocycles. The molecule has 0 aliphatic rings. The molecule has 0 saturated heterocycles. The first-order valence-electron chi connectivity index (χ1n) is 7.60. The van der Waals surface area contributed by atoms with E-state index in [9.17, 15) is 0 Å². The number of ether oxygens (including phenoxy) is 1. The third-order valence-electron chi connectivity index (χ3n) is 3.58. The zero-order chi connectivity index (χ0) is 17.1. The van der Waals surface area contributed by atoms with Crippen LogP contribution in [0.15, 0.2) is 58.3 Å². The number of rotatable bonds is 4. The Morgan fingerprint density at radius 2 is 1.71 bits per heavy atom. The summed E-state index contributed by atoms with van der Waals surface area (Å²) in [5.74, 6) is 0.695. The Morgan fingerprint density at radius 1 is 0.958 bits per heavy atom. The summed E-state index contributed by atoms with van der Waals surface area (Å²) in [6.45, 7) is 4.13. The van der Waals surface area contributed by atoms with Crippen LogP contribution in [-0.2, 0) is 0 Å². The fourth-order valence-electron chi connectivity index (χ4n) is 2.38. The van der Waals surface area contributed by atoms with E-state index in [1.165, 1.54) is 11.1 Å². The number of hydrogen-bond donors (Lipinski definition) is 1. The molecule has 0 unspecified atom stereocenters. The summed E-state index contributed by atoms with van der Waals surface area (Å²) in [5.41, 5.74) is 10.0. The Balaban J connectivity index is 2.13. The van der Waals surface area contributed by atoms with Crippen molar-refractivity contribution in [2.75, 3.05) is 12.8 Å². The number of methoxy groups -OCH3 is 1. The monoisotopic (exact) mass is 337 g/mol. The first-order chi connectivity index (χ1) is 11.6. The molecule has 24 heavy (non-hydrogen) atoms. The van der Waals surface area contributed by atoms with Gasteiger partial charge in [-0.15, -0.1) is 0 Å². The second kappa shape index (κ2) is 6.93. The van der Waals surface area contributed by atoms with Gasteiger partial charge in [0.2, 0.25) is 11.8 Å². The normalized spacial score (nSPS) is 10.6. The number of aryl methyl sites for hydroxylation is 2. The van der Waals surface area contributed by atoms with Crippen LogP contribution in [0, 0.1) is 13.8 Å². The van der Waals surface area contributed by atoms with Gasteiger partial charge < -0.3 is 10.5 Å². The maximum Gasteiger partial charge on any atom is 0.233 e. The van der Waals surface area contributed by atoms with Crippen molar-refractivity contribution in [2.45, 2.75) is 23.6 Å². The second-order valence-electron chi connectivity index (χ2n) is 5.55. The summed E-state index contributed by atoms with van der Waals surface area (Å²) in [4.78, 5) is 10.7. The van der Waals surface area contributed by atoms with Crippen molar-refractivity contribution >= 4 is 17.7 Å². The lowest BCUT2D eigenvalue weighted by Gasteiger charge is -2.13. The topological polar surface area (TPSA) is 61.0 Å². The molecule has 2 N–H and O–H groups in total. The first-order valence-corrected chi connectivity index (χ1v) is 8.41. The average Bonchev–Trinajstić information content (AvgIpc) is 2.57. The maximum atomic E-state index is 5.88. The highest BCUT2D eigenvalue weighted by Gasteiger charge is 2.17. The minimum Gasteiger partial charge on any atom is -0.480 e. The smallest absolute Gasteiger partial charge is 0.233 e. The van der Waals surface area contributed by atoms with E-state index in [1.807, 2.05) is 18.2 Å². The van der Waals surface area contributed by atoms with Crippen molar-refractivity contribution in [1.82, 2.24) is 9.97 Å². The molecule has 122 valence electrons. The first kappa shape index (κ1) is 16.3. The molecule has 3 aromatic rings. The van der Waals surface area contributed by atoms with Crippen LogP contribution in [0.2, 0.25) is 0 Å². The van der Waals surface area contributed by atoms with Gasteiger partial charge >= 0.3 is 0 Å². The van der Waals surface area contributed by atoms with E-state index >= 15 is 0 Å². The summed E-state index contributed by atoms with van der Waals surface area (Å²) < 4.78 is 5.46. The predicted molar refractivity (Wildman–Crippen MR) is 98.5 cm³/mol. The van der Waals surface area contributed by atoms with Crippen molar-refractivity contribution in [3.63, 3.8) is 0 Å². The molecule has 0 spiro atoms. The van der Waals surface area contributed by atoms with Crippen LogP contribution < -0.4 is 10.5 Å². The third kappa shape index (κ3) is 3.51. The molecule has 1 aromatic heterocycles. The van der Waals surface area contributed by atoms with E-state index in [1.54, 1.807) is 18.9 Å². The number of nitrogen functional groups attached to an aromatic ring is 1. The third-order valence-corrected chi connectivity index (χ3v) is 4.64. The van der Waals surface area contributed by atoms with Crippen molar-refractivity contribution in [2.24, 2.45) is 0 Å². The predicted octanol–water partition coefficient (Wildman–Crippen LogP) is 4.50. The lowest BCUT2D eigenvalue weighted by Crippen LogP contribution is -2.02. The lowest BCUT2D eigenvalue weighted by molar-refractivity contribution is 0.387. The molecule has 0 radical (unpaired) electrons. The van der Waals surface area contributed by atoms with E-state index in [0.29, 0.717) is 5.88 Å². The van der Waals surface area contributed by atoms with E-state index < -0.39 is 0 Å². The van der Waals surface area contributed by atoms with Crippen molar-refractivity contribution in [3.8, 4) is 17.1 Å². The zero-order valence-electron chi connectivity index (χ0n) is 13.9. The van der Waals surface area contributed by atoms with Crippen LogP contribution in [0.5, 0.6) is 5.88 Å². The second-order valence-corrected chi connectivity index (χ2v) is 6.64. The van der Waals surface area contributed by atoms with Gasteiger partial charge in [-0.05, 0) is 26.0 Å². The van der Waals surface area contributed by atoms with Gasteiger partial charge in [-0.2, -0.15) is 4.98 Å². The molecule has 3 rings (SSSR count). The Bertz CT molecular complexity index is 863. The van der Waals surface area contributed by atoms with Crippen molar-refractivity contribution < 1.29 is 4.74 Å². The Morgan fingerprint density at radius 3 is 2.38 bits per heavy atom. The SMILES string of the molecule is COc1nc(N)nc(-c2ccc(C)cc2)c1Sc1cccc(C)c1. The number of hydrogen-bond acceptors (Lipinski definition) is 5. The molecule has 0 fully saturated rings. The molecule has 0 saturated carbocycles. The van der Waals surface area contributed by atoms with Crippen LogP contribution in [0.3, 0.4) is 0 Å². The van der Waals surface area contributed by atoms with E-state index in [-0.39, 0.29) is 5.95 Å². The number of benzene rings is 2. The minimum absolute atomic E-state index is 0.205. The largest absolute Gasteiger partial charge is 0.480 e. The molecular weight excluding hydrogens is 318 g/mol. The highest BCUT2D eigenvalue weighted by atomic mass is 32.2. The average molecular weight is 337 g/mol. The van der Waals surface area contributed by atoms with Gasteiger partial charge in [-0.1, -0.05) is 59.3 Å². The molecule has 5 heteroatoms. The Hall–Kier alpha value is -2.53. The van der Waals surface area contributed by atoms with Crippen LogP contribution in [0.25, 0.3) is 11.3 Å². The lowest BCUT2D eigenvalue weighted by atomic mass is 10.1. The number of nitrogens with two attached hydrogens (primary N) is 1. The Kier molecular flexibility index (Phi) is 4.71. The van der Waals surface area contributed by atoms with E-state index in [0.717, 1.165) is 21.0 Å². The molecule has 2 aromatic carbocycles. The number of aromatic nitrogens is 2. The fraction of sp³-hybridized carbons (Fsp3) is 0.158. The quantitative estimate of drug-likeness (QED) is 0.759. The van der Waals surface area contributed by atoms with Gasteiger partial charge in [-0.3, -0.25) is 0 Å². The van der Waals surface area contributed by atoms with Gasteiger partial charge in [0.15, 0.2) is 0 Å². The molecule has 0 bridgehead atoms. The Labute approximate surface area is 146 Å². The van der Waals surface area contributed by atoms with Gasteiger partial charge in [-0.25, -0.2) is 4.98 Å². The van der Waals surface area contributed by atoms with Gasteiger partial charge in [0.1, 0.15) is 4.90 Å². The molecule has 0 atom stereocenters. The van der Waals surface area contributed by atoms with Crippen LogP contribution in [0.1, 0.15) is 11.1 Å². The maximum absolute atomic E-state index is 5.88. The summed E-state index contributed by atoms with van der Waals surface area (Å²) in [7, 11) is 1.60. The highest BCUT2D eigenvalue weighted by Crippen LogP contribution is 2.40. The highest BCUT2D eigenvalue weighted by molar-refractivity contribution is 7.99. The summed E-state index contributed by atoms with van der Waals surface area (Å²) in [5, 5.41) is 0. The van der Waals surface area contributed by atoms with Gasteiger partial charge in [0.25, 0.3) is 0 Å². The molecule has 1 heterocycles. The fourth-order valence-corrected chi connectivity index (χ4v) is 3.48. The van der Waals surface area contributed by atoms with Crippen LogP contribution >= 0.6 is 11.8 Å². The number of nitrogens with zero attached hydrogens (tertiary/aromatic N) is 2. The van der Waals surface area contributed by atoms with E-state index in [4.69, 9.17) is 10.5 Å². The van der Waals surface area contributed by atoms with Crippen molar-refractivity contribution in [3.05, 3.63) is 59.7 Å². The molecule has 4 nitrogen and oxygen atoms in total. The molecule has 0 amide bonds. The van der Waals surface area contributed by atoms with Gasteiger partial charge in [0, 0.05) is 10.5 Å². The van der Waals surface area contributed by atoms with Gasteiger partial charge in [0.05, 0.1) is 12.8 Å². The standard InChI is InChI=1S/C19H19N3OS/c1-12-7-9-14(10-8-12)16-17(18(23-3)22-19(20)21-16)24-15-6-4-5-13(2)11-15/h4-11H,1-3H3,(H2,20,21,22). The molecular formula is C19H19N3OS. The van der Waals surface area contributed by atoms with Crippen LogP contribution in [0.4, 0.5) is 5.95 Å². The molecule has 0 aliphatic heterocycles. The zero-order valence-corrected chi connectivity index (χ0v) is 14.7. The summed E-state index contributed by atoms with van der Waals surface area (Å²) in [6, 6.07) is 16.5. The number of anilines is 1. The summed E-state index contributed by atoms with van der Waals surface area (Å²) >= 11 is 1.58.